The second kappa shape index (κ2) is 7.08. The Balaban J connectivity index is 1.58. The normalized spacial score (nSPS) is 16.3. The highest BCUT2D eigenvalue weighted by Crippen LogP contribution is 2.29. The summed E-state index contributed by atoms with van der Waals surface area (Å²) in [5, 5.41) is 0. The smallest absolute Gasteiger partial charge is 0.360 e. The molecule has 0 saturated carbocycles. The Morgan fingerprint density at radius 2 is 1.60 bits per heavy atom. The first kappa shape index (κ1) is 17.8. The molecule has 1 fully saturated rings. The standard InChI is InChI=1S/C20H23F3N2/c1-15-4-3-5-19(16(15)2)25-12-10-24(11-13-25)14-17-6-8-18(9-7-17)20(21,22)23/h3-9H,10-14H2,1-2H3/p+1. The van der Waals surface area contributed by atoms with Gasteiger partial charge in [-0.2, -0.15) is 13.2 Å². The van der Waals surface area contributed by atoms with Gasteiger partial charge in [0.05, 0.1) is 31.7 Å². The van der Waals surface area contributed by atoms with Crippen molar-refractivity contribution in [1.29, 1.82) is 0 Å². The number of halogens is 3. The van der Waals surface area contributed by atoms with Gasteiger partial charge in [-0.3, -0.25) is 0 Å². The lowest BCUT2D eigenvalue weighted by atomic mass is 10.1. The van der Waals surface area contributed by atoms with E-state index in [0.29, 0.717) is 0 Å². The number of hydrogen-bond acceptors (Lipinski definition) is 1. The Hall–Kier alpha value is -2.01. The van der Waals surface area contributed by atoms with Crippen LogP contribution in [0.25, 0.3) is 0 Å². The first-order chi connectivity index (χ1) is 11.8. The Bertz CT molecular complexity index is 715. The van der Waals surface area contributed by atoms with Crippen molar-refractivity contribution in [3.8, 4) is 0 Å². The van der Waals surface area contributed by atoms with Crippen molar-refractivity contribution in [1.82, 2.24) is 0 Å². The molecule has 25 heavy (non-hydrogen) atoms. The molecule has 3 rings (SSSR count). The van der Waals surface area contributed by atoms with Crippen LogP contribution in [0.3, 0.4) is 0 Å². The van der Waals surface area contributed by atoms with Crippen LogP contribution in [0.5, 0.6) is 0 Å². The second-order valence-electron chi connectivity index (χ2n) is 6.83. The molecule has 0 amide bonds. The first-order valence-corrected chi connectivity index (χ1v) is 8.65. The van der Waals surface area contributed by atoms with Crippen molar-refractivity contribution >= 4 is 5.69 Å². The van der Waals surface area contributed by atoms with E-state index in [2.05, 4.69) is 36.9 Å². The lowest BCUT2D eigenvalue weighted by Crippen LogP contribution is -3.13. The average Bonchev–Trinajstić information content (AvgIpc) is 2.58. The molecule has 1 heterocycles. The highest BCUT2D eigenvalue weighted by molar-refractivity contribution is 5.56. The van der Waals surface area contributed by atoms with Crippen LogP contribution >= 0.6 is 0 Å². The van der Waals surface area contributed by atoms with Crippen LogP contribution in [0.2, 0.25) is 0 Å². The Morgan fingerprint density at radius 3 is 2.20 bits per heavy atom. The van der Waals surface area contributed by atoms with Crippen molar-refractivity contribution in [3.05, 3.63) is 64.7 Å². The molecule has 0 unspecified atom stereocenters. The Morgan fingerprint density at radius 1 is 0.960 bits per heavy atom. The zero-order valence-electron chi connectivity index (χ0n) is 14.7. The molecule has 0 spiro atoms. The Labute approximate surface area is 146 Å². The maximum atomic E-state index is 12.6. The number of nitrogens with zero attached hydrogens (tertiary/aromatic N) is 1. The molecular formula is C20H24F3N2+. The van der Waals surface area contributed by atoms with E-state index < -0.39 is 11.7 Å². The zero-order valence-corrected chi connectivity index (χ0v) is 14.7. The van der Waals surface area contributed by atoms with E-state index in [4.69, 9.17) is 0 Å². The summed E-state index contributed by atoms with van der Waals surface area (Å²) in [6.07, 6.45) is -4.26. The fourth-order valence-electron chi connectivity index (χ4n) is 3.42. The maximum absolute atomic E-state index is 12.6. The van der Waals surface area contributed by atoms with Crippen LogP contribution in [-0.4, -0.2) is 26.2 Å². The van der Waals surface area contributed by atoms with Gasteiger partial charge in [0.15, 0.2) is 0 Å². The van der Waals surface area contributed by atoms with Gasteiger partial charge in [-0.15, -0.1) is 0 Å². The van der Waals surface area contributed by atoms with Crippen LogP contribution in [0.4, 0.5) is 18.9 Å². The number of quaternary nitrogens is 1. The molecule has 0 radical (unpaired) electrons. The monoisotopic (exact) mass is 349 g/mol. The zero-order chi connectivity index (χ0) is 18.0. The lowest BCUT2D eigenvalue weighted by molar-refractivity contribution is -0.914. The van der Waals surface area contributed by atoms with Gasteiger partial charge in [0.1, 0.15) is 6.54 Å². The molecule has 0 atom stereocenters. The fourth-order valence-corrected chi connectivity index (χ4v) is 3.42. The highest BCUT2D eigenvalue weighted by atomic mass is 19.4. The molecule has 1 N–H and O–H groups in total. The van der Waals surface area contributed by atoms with Crippen LogP contribution in [0.1, 0.15) is 22.3 Å². The highest BCUT2D eigenvalue weighted by Gasteiger charge is 2.30. The van der Waals surface area contributed by atoms with Crippen molar-refractivity contribution in [2.75, 3.05) is 31.1 Å². The second-order valence-corrected chi connectivity index (χ2v) is 6.83. The van der Waals surface area contributed by atoms with Crippen molar-refractivity contribution < 1.29 is 18.1 Å². The maximum Gasteiger partial charge on any atom is 0.416 e. The van der Waals surface area contributed by atoms with E-state index >= 15 is 0 Å². The van der Waals surface area contributed by atoms with Gasteiger partial charge in [0, 0.05) is 11.3 Å². The summed E-state index contributed by atoms with van der Waals surface area (Å²) >= 11 is 0. The summed E-state index contributed by atoms with van der Waals surface area (Å²) in [6, 6.07) is 12.0. The lowest BCUT2D eigenvalue weighted by Gasteiger charge is -2.34. The molecule has 2 nitrogen and oxygen atoms in total. The van der Waals surface area contributed by atoms with E-state index in [-0.39, 0.29) is 0 Å². The summed E-state index contributed by atoms with van der Waals surface area (Å²) in [5.74, 6) is 0. The summed E-state index contributed by atoms with van der Waals surface area (Å²) in [5.41, 5.74) is 4.31. The van der Waals surface area contributed by atoms with Crippen molar-refractivity contribution in [2.45, 2.75) is 26.6 Å². The largest absolute Gasteiger partial charge is 0.416 e. The molecule has 2 aromatic rings. The van der Waals surface area contributed by atoms with Gasteiger partial charge in [-0.1, -0.05) is 24.3 Å². The molecule has 0 bridgehead atoms. The number of nitrogens with one attached hydrogen (secondary N) is 1. The third-order valence-corrected chi connectivity index (χ3v) is 5.12. The number of hydrogen-bond donors (Lipinski definition) is 1. The quantitative estimate of drug-likeness (QED) is 0.894. The number of benzene rings is 2. The SMILES string of the molecule is Cc1cccc(N2CC[NH+](Cc3ccc(C(F)(F)F)cc3)CC2)c1C. The molecule has 0 aromatic heterocycles. The first-order valence-electron chi connectivity index (χ1n) is 8.65. The van der Waals surface area contributed by atoms with E-state index in [9.17, 15) is 13.2 Å². The van der Waals surface area contributed by atoms with E-state index in [1.54, 1.807) is 12.1 Å². The average molecular weight is 349 g/mol. The van der Waals surface area contributed by atoms with Gasteiger partial charge in [-0.25, -0.2) is 0 Å². The minimum absolute atomic E-state index is 0.578. The third kappa shape index (κ3) is 4.15. The van der Waals surface area contributed by atoms with Crippen LogP contribution in [0.15, 0.2) is 42.5 Å². The molecule has 5 heteroatoms. The van der Waals surface area contributed by atoms with Gasteiger partial charge in [-0.05, 0) is 43.2 Å². The molecule has 0 aliphatic carbocycles. The Kier molecular flexibility index (Phi) is 5.04. The summed E-state index contributed by atoms with van der Waals surface area (Å²) in [7, 11) is 0. The molecule has 1 aliphatic rings. The topological polar surface area (TPSA) is 7.68 Å². The predicted molar refractivity (Wildman–Crippen MR) is 94.0 cm³/mol. The van der Waals surface area contributed by atoms with Crippen LogP contribution in [-0.2, 0) is 12.7 Å². The van der Waals surface area contributed by atoms with Crippen LogP contribution < -0.4 is 9.80 Å². The van der Waals surface area contributed by atoms with Gasteiger partial charge in [0.2, 0.25) is 0 Å². The number of alkyl halides is 3. The summed E-state index contributed by atoms with van der Waals surface area (Å²) < 4.78 is 37.9. The van der Waals surface area contributed by atoms with Crippen molar-refractivity contribution in [3.63, 3.8) is 0 Å². The molecular weight excluding hydrogens is 325 g/mol. The van der Waals surface area contributed by atoms with Crippen LogP contribution in [0, 0.1) is 13.8 Å². The van der Waals surface area contributed by atoms with E-state index in [1.807, 2.05) is 0 Å². The van der Waals surface area contributed by atoms with Crippen molar-refractivity contribution in [2.24, 2.45) is 0 Å². The molecule has 2 aromatic carbocycles. The summed E-state index contributed by atoms with van der Waals surface area (Å²) in [4.78, 5) is 3.83. The third-order valence-electron chi connectivity index (χ3n) is 5.12. The van der Waals surface area contributed by atoms with Gasteiger partial charge < -0.3 is 9.80 Å². The number of piperazine rings is 1. The molecule has 134 valence electrons. The van der Waals surface area contributed by atoms with E-state index in [1.165, 1.54) is 33.8 Å². The minimum atomic E-state index is -4.26. The van der Waals surface area contributed by atoms with Gasteiger partial charge in [0.25, 0.3) is 0 Å². The predicted octanol–water partition coefficient (Wildman–Crippen LogP) is 3.23. The van der Waals surface area contributed by atoms with Gasteiger partial charge >= 0.3 is 6.18 Å². The number of aryl methyl sites for hydroxylation is 1. The molecule has 1 saturated heterocycles. The number of rotatable bonds is 3. The van der Waals surface area contributed by atoms with E-state index in [0.717, 1.165) is 38.3 Å². The number of anilines is 1. The molecule has 1 aliphatic heterocycles. The summed E-state index contributed by atoms with van der Waals surface area (Å²) in [6.45, 7) is 9.00. The fraction of sp³-hybridized carbons (Fsp3) is 0.400. The minimum Gasteiger partial charge on any atom is -0.360 e.